The Balaban J connectivity index is 2.08. The summed E-state index contributed by atoms with van der Waals surface area (Å²) in [5.74, 6) is -0.576. The second-order valence-corrected chi connectivity index (χ2v) is 6.04. The molecule has 0 radical (unpaired) electrons. The highest BCUT2D eigenvalue weighted by Gasteiger charge is 2.25. The van der Waals surface area contributed by atoms with Crippen LogP contribution in [0, 0.1) is 0 Å². The number of hydrogen-bond donors (Lipinski definition) is 0. The fourth-order valence-corrected chi connectivity index (χ4v) is 3.38. The molecule has 0 aromatic carbocycles. The van der Waals surface area contributed by atoms with Crippen LogP contribution in [0.1, 0.15) is 49.0 Å². The summed E-state index contributed by atoms with van der Waals surface area (Å²) in [7, 11) is 1.74. The first-order chi connectivity index (χ1) is 11.7. The lowest BCUT2D eigenvalue weighted by molar-refractivity contribution is 0.0519. The Bertz CT molecular complexity index is 791. The van der Waals surface area contributed by atoms with E-state index >= 15 is 0 Å². The Morgan fingerprint density at radius 2 is 2.08 bits per heavy atom. The van der Waals surface area contributed by atoms with Gasteiger partial charge in [0, 0.05) is 25.5 Å². The first kappa shape index (κ1) is 16.6. The summed E-state index contributed by atoms with van der Waals surface area (Å²) in [6.45, 7) is 1.97. The molecule has 0 aliphatic heterocycles. The quantitative estimate of drug-likeness (QED) is 0.806. The topological polar surface area (TPSA) is 70.4 Å². The number of esters is 1. The SMILES string of the molecule is CCOC(=O)c1cn(C2CCC(OC)CC2)c2ncccc2c1=O. The number of fused-ring (bicyclic) bond motifs is 1. The van der Waals surface area contributed by atoms with E-state index in [1.165, 1.54) is 0 Å². The second-order valence-electron chi connectivity index (χ2n) is 6.04. The zero-order valence-corrected chi connectivity index (χ0v) is 14.0. The van der Waals surface area contributed by atoms with Crippen molar-refractivity contribution in [2.45, 2.75) is 44.8 Å². The molecule has 1 aliphatic carbocycles. The van der Waals surface area contributed by atoms with Gasteiger partial charge in [0.25, 0.3) is 0 Å². The summed E-state index contributed by atoms with van der Waals surface area (Å²) >= 11 is 0. The predicted octanol–water partition coefficient (Wildman–Crippen LogP) is 2.70. The zero-order valence-electron chi connectivity index (χ0n) is 14.0. The monoisotopic (exact) mass is 330 g/mol. The first-order valence-corrected chi connectivity index (χ1v) is 8.35. The molecule has 0 amide bonds. The average molecular weight is 330 g/mol. The average Bonchev–Trinajstić information content (AvgIpc) is 2.62. The predicted molar refractivity (Wildman–Crippen MR) is 90.3 cm³/mol. The fraction of sp³-hybridized carbons (Fsp3) is 0.500. The first-order valence-electron chi connectivity index (χ1n) is 8.35. The molecule has 2 aromatic heterocycles. The summed E-state index contributed by atoms with van der Waals surface area (Å²) in [5, 5.41) is 0.455. The standard InChI is InChI=1S/C18H22N2O4/c1-3-24-18(22)15-11-20(12-6-8-13(23-2)9-7-12)17-14(16(15)21)5-4-10-19-17/h4-5,10-13H,3,6-9H2,1-2H3. The normalized spacial score (nSPS) is 20.9. The maximum atomic E-state index is 12.6. The highest BCUT2D eigenvalue weighted by molar-refractivity contribution is 5.93. The number of ether oxygens (including phenoxy) is 2. The van der Waals surface area contributed by atoms with Gasteiger partial charge in [-0.3, -0.25) is 4.79 Å². The van der Waals surface area contributed by atoms with Crippen LogP contribution in [-0.2, 0) is 9.47 Å². The van der Waals surface area contributed by atoms with Gasteiger partial charge in [-0.05, 0) is 44.7 Å². The number of pyridine rings is 2. The molecule has 1 fully saturated rings. The van der Waals surface area contributed by atoms with Gasteiger partial charge in [0.05, 0.1) is 18.1 Å². The third-order valence-corrected chi connectivity index (χ3v) is 4.65. The van der Waals surface area contributed by atoms with E-state index in [9.17, 15) is 9.59 Å². The maximum Gasteiger partial charge on any atom is 0.343 e. The third-order valence-electron chi connectivity index (χ3n) is 4.65. The Hall–Kier alpha value is -2.21. The number of rotatable bonds is 4. The van der Waals surface area contributed by atoms with Gasteiger partial charge < -0.3 is 14.0 Å². The Morgan fingerprint density at radius 1 is 1.33 bits per heavy atom. The van der Waals surface area contributed by atoms with Crippen molar-refractivity contribution in [2.75, 3.05) is 13.7 Å². The molecule has 0 N–H and O–H groups in total. The van der Waals surface area contributed by atoms with Gasteiger partial charge in [0.2, 0.25) is 5.43 Å². The van der Waals surface area contributed by atoms with Gasteiger partial charge in [-0.1, -0.05) is 0 Å². The van der Waals surface area contributed by atoms with E-state index in [1.807, 2.05) is 4.57 Å². The van der Waals surface area contributed by atoms with E-state index < -0.39 is 5.97 Å². The molecule has 0 saturated heterocycles. The number of aromatic nitrogens is 2. The highest BCUT2D eigenvalue weighted by Crippen LogP contribution is 2.31. The molecule has 3 rings (SSSR count). The van der Waals surface area contributed by atoms with E-state index in [2.05, 4.69) is 4.98 Å². The van der Waals surface area contributed by atoms with E-state index in [0.29, 0.717) is 11.0 Å². The molecule has 2 aromatic rings. The van der Waals surface area contributed by atoms with Crippen LogP contribution in [0.5, 0.6) is 0 Å². The molecule has 1 aliphatic rings. The van der Waals surface area contributed by atoms with E-state index in [0.717, 1.165) is 25.7 Å². The molecule has 0 bridgehead atoms. The lowest BCUT2D eigenvalue weighted by Crippen LogP contribution is -2.27. The summed E-state index contributed by atoms with van der Waals surface area (Å²) < 4.78 is 12.4. The largest absolute Gasteiger partial charge is 0.462 e. The highest BCUT2D eigenvalue weighted by atomic mass is 16.5. The molecule has 0 atom stereocenters. The number of methoxy groups -OCH3 is 1. The summed E-state index contributed by atoms with van der Waals surface area (Å²) in [4.78, 5) is 29.2. The Labute approximate surface area is 140 Å². The van der Waals surface area contributed by atoms with Gasteiger partial charge in [-0.2, -0.15) is 0 Å². The molecule has 0 spiro atoms. The molecule has 6 nitrogen and oxygen atoms in total. The van der Waals surface area contributed by atoms with Crippen molar-refractivity contribution < 1.29 is 14.3 Å². The van der Waals surface area contributed by atoms with Crippen LogP contribution in [0.2, 0.25) is 0 Å². The Morgan fingerprint density at radius 3 is 2.75 bits per heavy atom. The van der Waals surface area contributed by atoms with Gasteiger partial charge in [-0.25, -0.2) is 9.78 Å². The summed E-state index contributed by atoms with van der Waals surface area (Å²) in [6, 6.07) is 3.62. The van der Waals surface area contributed by atoms with Crippen molar-refractivity contribution in [2.24, 2.45) is 0 Å². The van der Waals surface area contributed by atoms with Crippen molar-refractivity contribution in [1.82, 2.24) is 9.55 Å². The molecule has 24 heavy (non-hydrogen) atoms. The van der Waals surface area contributed by atoms with E-state index in [-0.39, 0.29) is 29.7 Å². The maximum absolute atomic E-state index is 12.6. The molecule has 2 heterocycles. The van der Waals surface area contributed by atoms with Crippen LogP contribution in [-0.4, -0.2) is 35.3 Å². The van der Waals surface area contributed by atoms with Crippen LogP contribution in [0.25, 0.3) is 11.0 Å². The molecule has 6 heteroatoms. The van der Waals surface area contributed by atoms with Crippen molar-refractivity contribution in [3.05, 3.63) is 40.3 Å². The minimum absolute atomic E-state index is 0.0752. The summed E-state index contributed by atoms with van der Waals surface area (Å²) in [6.07, 6.45) is 7.33. The van der Waals surface area contributed by atoms with E-state index in [1.54, 1.807) is 38.6 Å². The second kappa shape index (κ2) is 7.13. The molecular formula is C18H22N2O4. The number of hydrogen-bond acceptors (Lipinski definition) is 5. The van der Waals surface area contributed by atoms with Crippen LogP contribution < -0.4 is 5.43 Å². The number of carbonyl (C=O) groups is 1. The van der Waals surface area contributed by atoms with Crippen molar-refractivity contribution in [3.63, 3.8) is 0 Å². The van der Waals surface area contributed by atoms with Gasteiger partial charge >= 0.3 is 5.97 Å². The van der Waals surface area contributed by atoms with Crippen LogP contribution >= 0.6 is 0 Å². The van der Waals surface area contributed by atoms with Gasteiger partial charge in [0.1, 0.15) is 11.2 Å². The lowest BCUT2D eigenvalue weighted by Gasteiger charge is -2.30. The third kappa shape index (κ3) is 3.06. The summed E-state index contributed by atoms with van der Waals surface area (Å²) in [5.41, 5.74) is 0.376. The fourth-order valence-electron chi connectivity index (χ4n) is 3.38. The smallest absolute Gasteiger partial charge is 0.343 e. The van der Waals surface area contributed by atoms with Gasteiger partial charge in [-0.15, -0.1) is 0 Å². The lowest BCUT2D eigenvalue weighted by atomic mass is 9.92. The molecule has 128 valence electrons. The molecular weight excluding hydrogens is 308 g/mol. The number of nitrogens with zero attached hydrogens (tertiary/aromatic N) is 2. The van der Waals surface area contributed by atoms with Gasteiger partial charge in [0.15, 0.2) is 0 Å². The van der Waals surface area contributed by atoms with Crippen molar-refractivity contribution in [3.8, 4) is 0 Å². The van der Waals surface area contributed by atoms with Crippen LogP contribution in [0.3, 0.4) is 0 Å². The minimum atomic E-state index is -0.576. The number of carbonyl (C=O) groups excluding carboxylic acids is 1. The van der Waals surface area contributed by atoms with Crippen LogP contribution in [0.15, 0.2) is 29.3 Å². The van der Waals surface area contributed by atoms with E-state index in [4.69, 9.17) is 9.47 Å². The van der Waals surface area contributed by atoms with Crippen molar-refractivity contribution in [1.29, 1.82) is 0 Å². The zero-order chi connectivity index (χ0) is 17.1. The molecule has 1 saturated carbocycles. The molecule has 0 unspecified atom stereocenters. The van der Waals surface area contributed by atoms with Crippen LogP contribution in [0.4, 0.5) is 0 Å². The Kier molecular flexibility index (Phi) is 4.94. The van der Waals surface area contributed by atoms with Crippen molar-refractivity contribution >= 4 is 17.0 Å². The minimum Gasteiger partial charge on any atom is -0.462 e.